The third kappa shape index (κ3) is 4.25. The van der Waals surface area contributed by atoms with Crippen LogP contribution in [0.25, 0.3) is 11.8 Å². The van der Waals surface area contributed by atoms with Gasteiger partial charge in [-0.2, -0.15) is 0 Å². The number of benzene rings is 2. The van der Waals surface area contributed by atoms with Crippen LogP contribution in [0.1, 0.15) is 22.9 Å². The Morgan fingerprint density at radius 2 is 1.89 bits per heavy atom. The molecule has 0 bridgehead atoms. The molecule has 2 atom stereocenters. The van der Waals surface area contributed by atoms with Gasteiger partial charge in [0, 0.05) is 6.20 Å². The van der Waals surface area contributed by atoms with Crippen LogP contribution in [0.2, 0.25) is 0 Å². The van der Waals surface area contributed by atoms with E-state index in [0.29, 0.717) is 11.3 Å². The average Bonchev–Trinajstić information content (AvgIpc) is 3.29. The van der Waals surface area contributed by atoms with E-state index in [1.54, 1.807) is 25.6 Å². The van der Waals surface area contributed by atoms with Gasteiger partial charge in [-0.05, 0) is 48.4 Å². The largest absolute Gasteiger partial charge is 0.495 e. The summed E-state index contributed by atoms with van der Waals surface area (Å²) in [5.74, 6) is -4.01. The predicted octanol–water partition coefficient (Wildman–Crippen LogP) is 3.95. The maximum atomic E-state index is 13.9. The Kier molecular flexibility index (Phi) is 5.98. The quantitative estimate of drug-likeness (QED) is 0.414. The van der Waals surface area contributed by atoms with Gasteiger partial charge >= 0.3 is 0 Å². The van der Waals surface area contributed by atoms with Crippen molar-refractivity contribution < 1.29 is 32.2 Å². The molecule has 2 aliphatic rings. The van der Waals surface area contributed by atoms with E-state index < -0.39 is 35.4 Å². The lowest BCUT2D eigenvalue weighted by Crippen LogP contribution is -2.56. The Morgan fingerprint density at radius 3 is 2.57 bits per heavy atom. The zero-order chi connectivity index (χ0) is 24.7. The summed E-state index contributed by atoms with van der Waals surface area (Å²) in [6.45, 7) is 2.26. The highest BCUT2D eigenvalue weighted by Crippen LogP contribution is 2.34. The Bertz CT molecular complexity index is 1300. The van der Waals surface area contributed by atoms with E-state index in [-0.39, 0.29) is 31.1 Å². The van der Waals surface area contributed by atoms with Gasteiger partial charge in [0.15, 0.2) is 23.2 Å². The van der Waals surface area contributed by atoms with Crippen LogP contribution in [-0.4, -0.2) is 53.3 Å². The first-order chi connectivity index (χ1) is 16.9. The van der Waals surface area contributed by atoms with Gasteiger partial charge < -0.3 is 23.7 Å². The van der Waals surface area contributed by atoms with Gasteiger partial charge in [0.1, 0.15) is 12.4 Å². The van der Waals surface area contributed by atoms with E-state index in [1.165, 1.54) is 4.90 Å². The van der Waals surface area contributed by atoms with Crippen molar-refractivity contribution >= 4 is 12.0 Å². The number of fused-ring (bicyclic) bond motifs is 1. The first-order valence-corrected chi connectivity index (χ1v) is 10.9. The van der Waals surface area contributed by atoms with Crippen molar-refractivity contribution in [2.45, 2.75) is 19.0 Å². The molecule has 7 nitrogen and oxygen atoms in total. The van der Waals surface area contributed by atoms with Crippen LogP contribution in [-0.2, 0) is 14.3 Å². The molecule has 0 unspecified atom stereocenters. The molecule has 182 valence electrons. The number of morpholine rings is 2. The van der Waals surface area contributed by atoms with E-state index in [0.717, 1.165) is 23.5 Å². The number of halogens is 3. The number of aryl methyl sites for hydroxylation is 1. The summed E-state index contributed by atoms with van der Waals surface area (Å²) in [5, 5.41) is 0. The first-order valence-electron chi connectivity index (χ1n) is 10.9. The maximum Gasteiger partial charge on any atom is 0.289 e. The highest BCUT2D eigenvalue weighted by atomic mass is 19.2. The van der Waals surface area contributed by atoms with Gasteiger partial charge in [0.05, 0.1) is 50.1 Å². The van der Waals surface area contributed by atoms with Gasteiger partial charge in [-0.25, -0.2) is 18.2 Å². The molecular formula is C25H22F3N3O4. The molecule has 2 aromatic carbocycles. The summed E-state index contributed by atoms with van der Waals surface area (Å²) >= 11 is 0. The van der Waals surface area contributed by atoms with Crippen LogP contribution in [0.15, 0.2) is 48.6 Å². The van der Waals surface area contributed by atoms with Crippen molar-refractivity contribution in [1.82, 2.24) is 14.5 Å². The second-order valence-corrected chi connectivity index (χ2v) is 8.39. The van der Waals surface area contributed by atoms with Gasteiger partial charge in [0.2, 0.25) is 0 Å². The molecule has 35 heavy (non-hydrogen) atoms. The highest BCUT2D eigenvalue weighted by Gasteiger charge is 2.42. The van der Waals surface area contributed by atoms with Crippen molar-refractivity contribution in [3.8, 4) is 11.4 Å². The van der Waals surface area contributed by atoms with E-state index in [4.69, 9.17) is 14.2 Å². The number of imidazole rings is 1. The lowest BCUT2D eigenvalue weighted by Gasteiger charge is -2.45. The zero-order valence-corrected chi connectivity index (χ0v) is 19.0. The molecule has 2 saturated heterocycles. The van der Waals surface area contributed by atoms with Crippen LogP contribution in [0, 0.1) is 24.4 Å². The molecular weight excluding hydrogens is 463 g/mol. The number of methoxy groups -OCH3 is 1. The summed E-state index contributed by atoms with van der Waals surface area (Å²) in [6, 6.07) is 5.96. The second kappa shape index (κ2) is 9.10. The van der Waals surface area contributed by atoms with Crippen LogP contribution in [0.3, 0.4) is 0 Å². The molecule has 2 aliphatic heterocycles. The molecule has 0 radical (unpaired) electrons. The van der Waals surface area contributed by atoms with Crippen molar-refractivity contribution in [1.29, 1.82) is 0 Å². The molecule has 3 heterocycles. The fourth-order valence-corrected chi connectivity index (χ4v) is 4.37. The minimum absolute atomic E-state index is 0.0207. The summed E-state index contributed by atoms with van der Waals surface area (Å²) in [7, 11) is 1.55. The van der Waals surface area contributed by atoms with E-state index in [2.05, 4.69) is 4.98 Å². The molecule has 1 amide bonds. The Labute approximate surface area is 199 Å². The minimum Gasteiger partial charge on any atom is -0.495 e. The number of hydrogen-bond donors (Lipinski definition) is 0. The Hall–Kier alpha value is -3.79. The van der Waals surface area contributed by atoms with Gasteiger partial charge in [0.25, 0.3) is 5.91 Å². The Morgan fingerprint density at radius 1 is 1.11 bits per heavy atom. The Balaban J connectivity index is 1.46. The van der Waals surface area contributed by atoms with Crippen LogP contribution in [0.4, 0.5) is 13.2 Å². The number of rotatable bonds is 4. The fourth-order valence-electron chi connectivity index (χ4n) is 4.37. The topological polar surface area (TPSA) is 65.8 Å². The van der Waals surface area contributed by atoms with E-state index >= 15 is 0 Å². The monoisotopic (exact) mass is 485 g/mol. The van der Waals surface area contributed by atoms with Crippen molar-refractivity contribution in [3.05, 3.63) is 82.9 Å². The van der Waals surface area contributed by atoms with Gasteiger partial charge in [-0.1, -0.05) is 6.07 Å². The summed E-state index contributed by atoms with van der Waals surface area (Å²) in [6.07, 6.45) is 5.13. The number of hydrogen-bond acceptors (Lipinski definition) is 5. The molecule has 0 aliphatic carbocycles. The second-order valence-electron chi connectivity index (χ2n) is 8.39. The minimum atomic E-state index is -1.56. The SMILES string of the molecule is COc1cc(C=C2OC[C@H]3COC[C@@H](c4cc(F)c(F)c(F)c4)N3C2=O)ccc1-n1cnc(C)c1. The maximum absolute atomic E-state index is 13.9. The van der Waals surface area contributed by atoms with Crippen LogP contribution in [0.5, 0.6) is 5.75 Å². The molecule has 0 spiro atoms. The molecule has 0 saturated carbocycles. The fraction of sp³-hybridized carbons (Fsp3) is 0.280. The van der Waals surface area contributed by atoms with E-state index in [1.807, 2.05) is 29.8 Å². The smallest absolute Gasteiger partial charge is 0.289 e. The number of amides is 1. The lowest BCUT2D eigenvalue weighted by molar-refractivity contribution is -0.157. The summed E-state index contributed by atoms with van der Waals surface area (Å²) in [5.41, 5.74) is 2.41. The van der Waals surface area contributed by atoms with Gasteiger partial charge in [-0.3, -0.25) is 4.79 Å². The third-order valence-electron chi connectivity index (χ3n) is 6.07. The predicted molar refractivity (Wildman–Crippen MR) is 119 cm³/mol. The molecule has 3 aromatic rings. The number of carbonyl (C=O) groups is 1. The standard InChI is InChI=1S/C25H22F3N3O4/c1-14-9-30(13-29-14)20-4-3-15(5-22(20)33-2)6-23-25(32)31-17(11-35-23)10-34-12-21(31)16-7-18(26)24(28)19(27)8-16/h3-9,13,17,21H,10-12H2,1-2H3/t17-,21+/m1/s1. The number of aromatic nitrogens is 2. The van der Waals surface area contributed by atoms with Crippen LogP contribution >= 0.6 is 0 Å². The van der Waals surface area contributed by atoms with E-state index in [9.17, 15) is 18.0 Å². The highest BCUT2D eigenvalue weighted by molar-refractivity contribution is 5.97. The zero-order valence-electron chi connectivity index (χ0n) is 19.0. The average molecular weight is 485 g/mol. The number of nitrogens with zero attached hydrogens (tertiary/aromatic N) is 3. The van der Waals surface area contributed by atoms with Crippen LogP contribution < -0.4 is 4.74 Å². The number of carbonyl (C=O) groups excluding carboxylic acids is 1. The third-order valence-corrected chi connectivity index (χ3v) is 6.07. The summed E-state index contributed by atoms with van der Waals surface area (Å²) in [4.78, 5) is 19.1. The van der Waals surface area contributed by atoms with Crippen molar-refractivity contribution in [2.24, 2.45) is 0 Å². The normalized spacial score (nSPS) is 21.1. The van der Waals surface area contributed by atoms with Gasteiger partial charge in [-0.15, -0.1) is 0 Å². The molecule has 10 heteroatoms. The molecule has 5 rings (SSSR count). The van der Waals surface area contributed by atoms with Crippen molar-refractivity contribution in [2.75, 3.05) is 26.9 Å². The number of ether oxygens (including phenoxy) is 3. The molecule has 0 N–H and O–H groups in total. The van der Waals surface area contributed by atoms with Crippen molar-refractivity contribution in [3.63, 3.8) is 0 Å². The summed E-state index contributed by atoms with van der Waals surface area (Å²) < 4.78 is 59.9. The first kappa shape index (κ1) is 23.0. The molecule has 2 fully saturated rings. The lowest BCUT2D eigenvalue weighted by atomic mass is 10.00. The molecule has 1 aromatic heterocycles.